The van der Waals surface area contributed by atoms with Gasteiger partial charge in [0.15, 0.2) is 0 Å². The molecule has 0 aliphatic heterocycles. The molecule has 0 aromatic heterocycles. The summed E-state index contributed by atoms with van der Waals surface area (Å²) in [4.78, 5) is 12.4. The van der Waals surface area contributed by atoms with E-state index in [1.54, 1.807) is 24.3 Å². The van der Waals surface area contributed by atoms with Gasteiger partial charge >= 0.3 is 0 Å². The molecule has 4 heteroatoms. The number of carbonyl (C=O) groups excluding carboxylic acids is 1. The highest BCUT2D eigenvalue weighted by Gasteiger charge is 2.34. The van der Waals surface area contributed by atoms with Crippen LogP contribution in [0.1, 0.15) is 48.5 Å². The summed E-state index contributed by atoms with van der Waals surface area (Å²) >= 11 is 3.55. The Kier molecular flexibility index (Phi) is 4.82. The van der Waals surface area contributed by atoms with Gasteiger partial charge in [0.25, 0.3) is 5.91 Å². The van der Waals surface area contributed by atoms with Gasteiger partial charge in [-0.15, -0.1) is 0 Å². The van der Waals surface area contributed by atoms with Crippen molar-refractivity contribution in [2.45, 2.75) is 38.1 Å². The molecular formula is C16H19BrN2O. The molecule has 106 valence electrons. The van der Waals surface area contributed by atoms with Crippen molar-refractivity contribution >= 4 is 21.8 Å². The molecule has 1 saturated carbocycles. The molecule has 1 aliphatic carbocycles. The van der Waals surface area contributed by atoms with E-state index in [1.165, 1.54) is 0 Å². The van der Waals surface area contributed by atoms with Crippen LogP contribution in [-0.4, -0.2) is 16.8 Å². The first kappa shape index (κ1) is 15.1. The lowest BCUT2D eigenvalue weighted by molar-refractivity contribution is 0.0874. The van der Waals surface area contributed by atoms with Gasteiger partial charge in [0.2, 0.25) is 0 Å². The van der Waals surface area contributed by atoms with E-state index in [2.05, 4.69) is 34.2 Å². The highest BCUT2D eigenvalue weighted by Crippen LogP contribution is 2.33. The van der Waals surface area contributed by atoms with Crippen LogP contribution in [-0.2, 0) is 0 Å². The zero-order valence-corrected chi connectivity index (χ0v) is 13.2. The van der Waals surface area contributed by atoms with Crippen molar-refractivity contribution in [3.05, 3.63) is 35.4 Å². The zero-order valence-electron chi connectivity index (χ0n) is 11.7. The molecule has 0 saturated heterocycles. The molecule has 0 bridgehead atoms. The number of alkyl halides is 1. The minimum atomic E-state index is -0.147. The zero-order chi connectivity index (χ0) is 14.6. The number of halogens is 1. The first-order valence-corrected chi connectivity index (χ1v) is 8.09. The van der Waals surface area contributed by atoms with Crippen LogP contribution in [0.2, 0.25) is 0 Å². The van der Waals surface area contributed by atoms with E-state index < -0.39 is 0 Å². The molecule has 0 radical (unpaired) electrons. The lowest BCUT2D eigenvalue weighted by Crippen LogP contribution is -2.52. The number of hydrogen-bond acceptors (Lipinski definition) is 2. The van der Waals surface area contributed by atoms with E-state index in [-0.39, 0.29) is 11.4 Å². The van der Waals surface area contributed by atoms with Gasteiger partial charge in [-0.1, -0.05) is 28.9 Å². The molecule has 1 aromatic rings. The van der Waals surface area contributed by atoms with Crippen molar-refractivity contribution < 1.29 is 4.79 Å². The minimum Gasteiger partial charge on any atom is -0.346 e. The van der Waals surface area contributed by atoms with Crippen molar-refractivity contribution in [3.8, 4) is 6.07 Å². The normalized spacial score (nSPS) is 25.8. The third-order valence-electron chi connectivity index (χ3n) is 4.12. The minimum absolute atomic E-state index is 0.0869. The van der Waals surface area contributed by atoms with Crippen LogP contribution in [0.4, 0.5) is 0 Å². The molecule has 0 atom stereocenters. The SMILES string of the molecule is CC1CCC(CBr)(NC(=O)c2cccc(C#N)c2)CC1. The molecule has 2 rings (SSSR count). The molecule has 20 heavy (non-hydrogen) atoms. The summed E-state index contributed by atoms with van der Waals surface area (Å²) in [6.07, 6.45) is 4.29. The van der Waals surface area contributed by atoms with Crippen LogP contribution < -0.4 is 5.32 Å². The number of carbonyl (C=O) groups is 1. The van der Waals surface area contributed by atoms with E-state index in [4.69, 9.17) is 5.26 Å². The summed E-state index contributed by atoms with van der Waals surface area (Å²) in [6.45, 7) is 2.26. The van der Waals surface area contributed by atoms with Crippen molar-refractivity contribution in [1.82, 2.24) is 5.32 Å². The maximum atomic E-state index is 12.4. The average molecular weight is 335 g/mol. The molecule has 1 aromatic carbocycles. The van der Waals surface area contributed by atoms with Crippen LogP contribution >= 0.6 is 15.9 Å². The molecule has 1 N–H and O–H groups in total. The number of amides is 1. The van der Waals surface area contributed by atoms with Gasteiger partial charge in [0, 0.05) is 10.9 Å². The third-order valence-corrected chi connectivity index (χ3v) is 5.19. The quantitative estimate of drug-likeness (QED) is 0.858. The molecule has 0 spiro atoms. The predicted octanol–water partition coefficient (Wildman–Crippen LogP) is 3.63. The Bertz CT molecular complexity index is 528. The van der Waals surface area contributed by atoms with Crippen molar-refractivity contribution in [3.63, 3.8) is 0 Å². The molecule has 1 fully saturated rings. The number of benzene rings is 1. The Morgan fingerprint density at radius 3 is 2.80 bits per heavy atom. The van der Waals surface area contributed by atoms with Gasteiger partial charge in [0.05, 0.1) is 17.2 Å². The van der Waals surface area contributed by atoms with Gasteiger partial charge in [-0.3, -0.25) is 4.79 Å². The highest BCUT2D eigenvalue weighted by molar-refractivity contribution is 9.09. The van der Waals surface area contributed by atoms with E-state index in [0.29, 0.717) is 11.1 Å². The maximum absolute atomic E-state index is 12.4. The number of nitrogens with zero attached hydrogens (tertiary/aromatic N) is 1. The van der Waals surface area contributed by atoms with E-state index >= 15 is 0 Å². The first-order chi connectivity index (χ1) is 9.58. The van der Waals surface area contributed by atoms with E-state index in [1.807, 2.05) is 0 Å². The summed E-state index contributed by atoms with van der Waals surface area (Å²) in [7, 11) is 0. The summed E-state index contributed by atoms with van der Waals surface area (Å²) < 4.78 is 0. The van der Waals surface area contributed by atoms with Crippen LogP contribution in [0.3, 0.4) is 0 Å². The number of hydrogen-bond donors (Lipinski definition) is 1. The summed E-state index contributed by atoms with van der Waals surface area (Å²) in [5, 5.41) is 12.9. The highest BCUT2D eigenvalue weighted by atomic mass is 79.9. The Balaban J connectivity index is 2.11. The van der Waals surface area contributed by atoms with Crippen LogP contribution in [0.5, 0.6) is 0 Å². The number of nitrogens with one attached hydrogen (secondary N) is 1. The Morgan fingerprint density at radius 2 is 2.20 bits per heavy atom. The van der Waals surface area contributed by atoms with Gasteiger partial charge in [-0.25, -0.2) is 0 Å². The number of rotatable bonds is 3. The first-order valence-electron chi connectivity index (χ1n) is 6.97. The van der Waals surface area contributed by atoms with E-state index in [9.17, 15) is 4.79 Å². The molecular weight excluding hydrogens is 316 g/mol. The molecule has 0 heterocycles. The van der Waals surface area contributed by atoms with Crippen LogP contribution in [0.15, 0.2) is 24.3 Å². The molecule has 0 unspecified atom stereocenters. The summed E-state index contributed by atoms with van der Waals surface area (Å²) in [5.41, 5.74) is 0.928. The second kappa shape index (κ2) is 6.41. The standard InChI is InChI=1S/C16H19BrN2O/c1-12-5-7-16(11-17,8-6-12)19-15(20)14-4-2-3-13(9-14)10-18/h2-4,9,12H,5-8,11H2,1H3,(H,19,20). The topological polar surface area (TPSA) is 52.9 Å². The third kappa shape index (κ3) is 3.40. The second-order valence-corrected chi connectivity index (χ2v) is 6.30. The van der Waals surface area contributed by atoms with Gasteiger partial charge < -0.3 is 5.32 Å². The fourth-order valence-corrected chi connectivity index (χ4v) is 3.35. The monoisotopic (exact) mass is 334 g/mol. The lowest BCUT2D eigenvalue weighted by atomic mass is 9.78. The lowest BCUT2D eigenvalue weighted by Gasteiger charge is -2.39. The Labute approximate surface area is 128 Å². The number of nitriles is 1. The van der Waals surface area contributed by atoms with Crippen LogP contribution in [0.25, 0.3) is 0 Å². The van der Waals surface area contributed by atoms with Gasteiger partial charge in [-0.05, 0) is 49.8 Å². The summed E-state index contributed by atoms with van der Waals surface area (Å²) in [5.74, 6) is 0.650. The van der Waals surface area contributed by atoms with Crippen molar-refractivity contribution in [1.29, 1.82) is 5.26 Å². The van der Waals surface area contributed by atoms with Gasteiger partial charge in [0.1, 0.15) is 0 Å². The second-order valence-electron chi connectivity index (χ2n) is 5.74. The van der Waals surface area contributed by atoms with E-state index in [0.717, 1.165) is 36.9 Å². The average Bonchev–Trinajstić information content (AvgIpc) is 2.50. The predicted molar refractivity (Wildman–Crippen MR) is 82.8 cm³/mol. The molecule has 3 nitrogen and oxygen atoms in total. The van der Waals surface area contributed by atoms with Gasteiger partial charge in [-0.2, -0.15) is 5.26 Å². The maximum Gasteiger partial charge on any atom is 0.251 e. The molecule has 1 aliphatic rings. The Hall–Kier alpha value is -1.34. The van der Waals surface area contributed by atoms with Crippen molar-refractivity contribution in [2.75, 3.05) is 5.33 Å². The fourth-order valence-electron chi connectivity index (χ4n) is 2.65. The van der Waals surface area contributed by atoms with Crippen LogP contribution in [0, 0.1) is 17.2 Å². The smallest absolute Gasteiger partial charge is 0.251 e. The Morgan fingerprint density at radius 1 is 1.50 bits per heavy atom. The largest absolute Gasteiger partial charge is 0.346 e. The van der Waals surface area contributed by atoms with Crippen molar-refractivity contribution in [2.24, 2.45) is 5.92 Å². The fraction of sp³-hybridized carbons (Fsp3) is 0.500. The summed E-state index contributed by atoms with van der Waals surface area (Å²) in [6, 6.07) is 8.92. The molecule has 1 amide bonds.